The fourth-order valence-corrected chi connectivity index (χ4v) is 3.64. The number of nitrogens with zero attached hydrogens (tertiary/aromatic N) is 1. The van der Waals surface area contributed by atoms with Gasteiger partial charge in [-0.15, -0.1) is 11.3 Å². The molecule has 1 fully saturated rings. The van der Waals surface area contributed by atoms with E-state index in [0.717, 1.165) is 30.4 Å². The van der Waals surface area contributed by atoms with E-state index in [1.165, 1.54) is 35.4 Å². The van der Waals surface area contributed by atoms with Gasteiger partial charge in [0.05, 0.1) is 15.2 Å². The standard InChI is InChI=1S/C16H22N2S/c1-2-5-12(11-17-13-8-9-13)10-16-18-14-6-3-4-7-15(14)19-16/h3-4,6-7,12-13,17H,2,5,8-11H2,1H3. The highest BCUT2D eigenvalue weighted by atomic mass is 32.1. The van der Waals surface area contributed by atoms with Crippen LogP contribution in [0.5, 0.6) is 0 Å². The molecule has 3 heteroatoms. The summed E-state index contributed by atoms with van der Waals surface area (Å²) in [6.45, 7) is 3.44. The molecule has 1 unspecified atom stereocenters. The first-order valence-corrected chi connectivity index (χ1v) is 8.24. The van der Waals surface area contributed by atoms with Crippen molar-refractivity contribution in [3.8, 4) is 0 Å². The van der Waals surface area contributed by atoms with Crippen molar-refractivity contribution < 1.29 is 0 Å². The summed E-state index contributed by atoms with van der Waals surface area (Å²) in [4.78, 5) is 4.77. The molecular formula is C16H22N2S. The molecule has 1 atom stereocenters. The maximum atomic E-state index is 4.77. The van der Waals surface area contributed by atoms with Crippen molar-refractivity contribution in [2.45, 2.75) is 45.1 Å². The van der Waals surface area contributed by atoms with Crippen LogP contribution in [0.25, 0.3) is 10.2 Å². The van der Waals surface area contributed by atoms with Crippen LogP contribution < -0.4 is 5.32 Å². The molecule has 0 saturated heterocycles. The molecule has 0 aliphatic heterocycles. The number of rotatable bonds is 7. The van der Waals surface area contributed by atoms with E-state index in [2.05, 4.69) is 36.5 Å². The third kappa shape index (κ3) is 3.54. The predicted octanol–water partition coefficient (Wildman–Crippen LogP) is 4.01. The van der Waals surface area contributed by atoms with Gasteiger partial charge in [-0.3, -0.25) is 0 Å². The summed E-state index contributed by atoms with van der Waals surface area (Å²) in [6.07, 6.45) is 6.45. The maximum Gasteiger partial charge on any atom is 0.0941 e. The lowest BCUT2D eigenvalue weighted by molar-refractivity contribution is 0.437. The second-order valence-electron chi connectivity index (χ2n) is 5.62. The number of nitrogens with one attached hydrogen (secondary N) is 1. The monoisotopic (exact) mass is 274 g/mol. The van der Waals surface area contributed by atoms with Gasteiger partial charge in [-0.2, -0.15) is 0 Å². The van der Waals surface area contributed by atoms with Crippen LogP contribution in [0, 0.1) is 5.92 Å². The fourth-order valence-electron chi connectivity index (χ4n) is 2.56. The van der Waals surface area contributed by atoms with E-state index in [4.69, 9.17) is 4.98 Å². The van der Waals surface area contributed by atoms with Crippen molar-refractivity contribution in [3.63, 3.8) is 0 Å². The predicted molar refractivity (Wildman–Crippen MR) is 82.7 cm³/mol. The van der Waals surface area contributed by atoms with E-state index >= 15 is 0 Å². The van der Waals surface area contributed by atoms with Crippen LogP contribution in [-0.2, 0) is 6.42 Å². The number of aromatic nitrogens is 1. The lowest BCUT2D eigenvalue weighted by Crippen LogP contribution is -2.26. The van der Waals surface area contributed by atoms with Crippen LogP contribution in [-0.4, -0.2) is 17.6 Å². The number of hydrogen-bond acceptors (Lipinski definition) is 3. The molecule has 1 aromatic heterocycles. The SMILES string of the molecule is CCCC(CNC1CC1)Cc1nc2ccccc2s1. The molecule has 2 aromatic rings. The average Bonchev–Trinajstić information content (AvgIpc) is 3.15. The van der Waals surface area contributed by atoms with Gasteiger partial charge in [0.25, 0.3) is 0 Å². The summed E-state index contributed by atoms with van der Waals surface area (Å²) in [5.74, 6) is 0.742. The number of thiazole rings is 1. The highest BCUT2D eigenvalue weighted by Gasteiger charge is 2.22. The van der Waals surface area contributed by atoms with Crippen molar-refractivity contribution in [3.05, 3.63) is 29.3 Å². The third-order valence-corrected chi connectivity index (χ3v) is 4.83. The smallest absolute Gasteiger partial charge is 0.0941 e. The van der Waals surface area contributed by atoms with Gasteiger partial charge in [-0.05, 0) is 43.9 Å². The highest BCUT2D eigenvalue weighted by Crippen LogP contribution is 2.25. The molecule has 19 heavy (non-hydrogen) atoms. The van der Waals surface area contributed by atoms with E-state index in [-0.39, 0.29) is 0 Å². The van der Waals surface area contributed by atoms with Crippen molar-refractivity contribution in [2.24, 2.45) is 5.92 Å². The molecule has 2 nitrogen and oxygen atoms in total. The summed E-state index contributed by atoms with van der Waals surface area (Å²) in [5.41, 5.74) is 1.16. The minimum atomic E-state index is 0.742. The molecule has 0 amide bonds. The summed E-state index contributed by atoms with van der Waals surface area (Å²) >= 11 is 1.86. The minimum Gasteiger partial charge on any atom is -0.314 e. The van der Waals surface area contributed by atoms with Gasteiger partial charge in [0.2, 0.25) is 0 Å². The number of para-hydroxylation sites is 1. The second-order valence-corrected chi connectivity index (χ2v) is 6.73. The Kier molecular flexibility index (Phi) is 4.14. The van der Waals surface area contributed by atoms with Crippen LogP contribution in [0.1, 0.15) is 37.6 Å². The number of benzene rings is 1. The zero-order valence-electron chi connectivity index (χ0n) is 11.6. The Labute approximate surface area is 119 Å². The van der Waals surface area contributed by atoms with E-state index in [0.29, 0.717) is 0 Å². The Morgan fingerprint density at radius 3 is 2.95 bits per heavy atom. The number of fused-ring (bicyclic) bond motifs is 1. The molecular weight excluding hydrogens is 252 g/mol. The van der Waals surface area contributed by atoms with Crippen molar-refractivity contribution in [1.82, 2.24) is 10.3 Å². The molecule has 1 aliphatic carbocycles. The van der Waals surface area contributed by atoms with Gasteiger partial charge in [-0.1, -0.05) is 25.5 Å². The fraction of sp³-hybridized carbons (Fsp3) is 0.562. The summed E-state index contributed by atoms with van der Waals surface area (Å²) in [7, 11) is 0. The van der Waals surface area contributed by atoms with Gasteiger partial charge < -0.3 is 5.32 Å². The van der Waals surface area contributed by atoms with Gasteiger partial charge in [0.15, 0.2) is 0 Å². The third-order valence-electron chi connectivity index (χ3n) is 3.77. The molecule has 1 N–H and O–H groups in total. The first-order chi connectivity index (χ1) is 9.35. The average molecular weight is 274 g/mol. The highest BCUT2D eigenvalue weighted by molar-refractivity contribution is 7.18. The van der Waals surface area contributed by atoms with E-state index < -0.39 is 0 Å². The summed E-state index contributed by atoms with van der Waals surface area (Å²) < 4.78 is 1.32. The zero-order chi connectivity index (χ0) is 13.1. The summed E-state index contributed by atoms with van der Waals surface area (Å²) in [5, 5.41) is 4.98. The first-order valence-electron chi connectivity index (χ1n) is 7.43. The van der Waals surface area contributed by atoms with Gasteiger partial charge >= 0.3 is 0 Å². The number of hydrogen-bond donors (Lipinski definition) is 1. The second kappa shape index (κ2) is 6.02. The Morgan fingerprint density at radius 1 is 1.37 bits per heavy atom. The van der Waals surface area contributed by atoms with Gasteiger partial charge in [-0.25, -0.2) is 4.98 Å². The van der Waals surface area contributed by atoms with Crippen LogP contribution in [0.15, 0.2) is 24.3 Å². The first kappa shape index (κ1) is 13.1. The normalized spacial score (nSPS) is 16.9. The molecule has 1 saturated carbocycles. The largest absolute Gasteiger partial charge is 0.314 e. The zero-order valence-corrected chi connectivity index (χ0v) is 12.4. The van der Waals surface area contributed by atoms with Crippen LogP contribution in [0.4, 0.5) is 0 Å². The molecule has 1 aromatic carbocycles. The topological polar surface area (TPSA) is 24.9 Å². The van der Waals surface area contributed by atoms with Crippen molar-refractivity contribution >= 4 is 21.6 Å². The quantitative estimate of drug-likeness (QED) is 0.825. The van der Waals surface area contributed by atoms with Crippen molar-refractivity contribution in [2.75, 3.05) is 6.54 Å². The van der Waals surface area contributed by atoms with Gasteiger partial charge in [0, 0.05) is 12.5 Å². The molecule has 0 bridgehead atoms. The van der Waals surface area contributed by atoms with Crippen LogP contribution >= 0.6 is 11.3 Å². The summed E-state index contributed by atoms with van der Waals surface area (Å²) in [6, 6.07) is 9.28. The molecule has 3 rings (SSSR count). The molecule has 0 spiro atoms. The molecule has 0 radical (unpaired) electrons. The van der Waals surface area contributed by atoms with Crippen LogP contribution in [0.3, 0.4) is 0 Å². The molecule has 102 valence electrons. The Balaban J connectivity index is 1.65. The van der Waals surface area contributed by atoms with Crippen LogP contribution in [0.2, 0.25) is 0 Å². The van der Waals surface area contributed by atoms with Gasteiger partial charge in [0.1, 0.15) is 0 Å². The minimum absolute atomic E-state index is 0.742. The van der Waals surface area contributed by atoms with E-state index in [9.17, 15) is 0 Å². The lowest BCUT2D eigenvalue weighted by atomic mass is 10.00. The lowest BCUT2D eigenvalue weighted by Gasteiger charge is -2.15. The Morgan fingerprint density at radius 2 is 2.21 bits per heavy atom. The Hall–Kier alpha value is -0.930. The van der Waals surface area contributed by atoms with E-state index in [1.54, 1.807) is 0 Å². The van der Waals surface area contributed by atoms with E-state index in [1.807, 2.05) is 11.3 Å². The van der Waals surface area contributed by atoms with Crippen molar-refractivity contribution in [1.29, 1.82) is 0 Å². The maximum absolute atomic E-state index is 4.77. The molecule has 1 heterocycles. The Bertz CT molecular complexity index is 497. The molecule has 1 aliphatic rings.